The van der Waals surface area contributed by atoms with Crippen molar-refractivity contribution < 1.29 is 0 Å². The Morgan fingerprint density at radius 3 is 2.93 bits per heavy atom. The Labute approximate surface area is 97.0 Å². The summed E-state index contributed by atoms with van der Waals surface area (Å²) in [6, 6.07) is 2.34. The molecule has 2 aliphatic rings. The average molecular weight is 272 g/mol. The summed E-state index contributed by atoms with van der Waals surface area (Å²) in [6.45, 7) is 1.17. The molecule has 0 saturated heterocycles. The Morgan fingerprint density at radius 2 is 2.14 bits per heavy atom. The number of hydrogen-bond acceptors (Lipinski definition) is 2. The fourth-order valence-electron chi connectivity index (χ4n) is 2.92. The number of halogens is 1. The lowest BCUT2D eigenvalue weighted by molar-refractivity contribution is 0.327. The predicted molar refractivity (Wildman–Crippen MR) is 63.9 cm³/mol. The van der Waals surface area contributed by atoms with E-state index in [2.05, 4.69) is 27.3 Å². The van der Waals surface area contributed by atoms with Crippen LogP contribution in [0.3, 0.4) is 0 Å². The second-order valence-corrected chi connectivity index (χ2v) is 6.87. The Bertz CT molecular complexity index is 352. The SMILES string of the molecule is Brc1cc2c(s1)CCNC21CCCC1. The summed E-state index contributed by atoms with van der Waals surface area (Å²) in [5.74, 6) is 0. The molecule has 0 amide bonds. The molecule has 1 aliphatic carbocycles. The zero-order valence-corrected chi connectivity index (χ0v) is 10.5. The molecule has 0 bridgehead atoms. The molecule has 14 heavy (non-hydrogen) atoms. The van der Waals surface area contributed by atoms with Gasteiger partial charge in [0.25, 0.3) is 0 Å². The first kappa shape index (κ1) is 9.37. The molecule has 0 aromatic carbocycles. The van der Waals surface area contributed by atoms with Crippen molar-refractivity contribution in [2.24, 2.45) is 0 Å². The summed E-state index contributed by atoms with van der Waals surface area (Å²) >= 11 is 5.54. The topological polar surface area (TPSA) is 12.0 Å². The molecule has 2 heterocycles. The molecule has 1 aromatic heterocycles. The Hall–Kier alpha value is 0.140. The van der Waals surface area contributed by atoms with Crippen LogP contribution in [0.15, 0.2) is 9.85 Å². The lowest BCUT2D eigenvalue weighted by Gasteiger charge is -2.35. The van der Waals surface area contributed by atoms with Crippen LogP contribution in [0.4, 0.5) is 0 Å². The third-order valence-electron chi connectivity index (χ3n) is 3.57. The molecular weight excluding hydrogens is 258 g/mol. The van der Waals surface area contributed by atoms with Gasteiger partial charge in [-0.3, -0.25) is 0 Å². The van der Waals surface area contributed by atoms with Crippen LogP contribution in [-0.2, 0) is 12.0 Å². The van der Waals surface area contributed by atoms with E-state index in [1.54, 1.807) is 10.4 Å². The third-order valence-corrected chi connectivity index (χ3v) is 5.26. The highest BCUT2D eigenvalue weighted by atomic mass is 79.9. The van der Waals surface area contributed by atoms with Gasteiger partial charge >= 0.3 is 0 Å². The Morgan fingerprint density at radius 1 is 1.36 bits per heavy atom. The maximum atomic E-state index is 3.75. The first-order valence-corrected chi connectivity index (χ1v) is 6.95. The maximum absolute atomic E-state index is 3.75. The van der Waals surface area contributed by atoms with E-state index in [0.29, 0.717) is 5.54 Å². The van der Waals surface area contributed by atoms with Crippen LogP contribution in [0.5, 0.6) is 0 Å². The summed E-state index contributed by atoms with van der Waals surface area (Å²) in [5.41, 5.74) is 1.95. The first-order valence-electron chi connectivity index (χ1n) is 5.34. The van der Waals surface area contributed by atoms with Crippen LogP contribution in [0.2, 0.25) is 0 Å². The standard InChI is InChI=1S/C11H14BrNS/c12-10-7-8-9(14-10)3-6-13-11(8)4-1-2-5-11/h7,13H,1-6H2. The van der Waals surface area contributed by atoms with Crippen LogP contribution in [0.1, 0.15) is 36.1 Å². The maximum Gasteiger partial charge on any atom is 0.0704 e. The molecule has 3 rings (SSSR count). The van der Waals surface area contributed by atoms with E-state index in [0.717, 1.165) is 0 Å². The Balaban J connectivity index is 2.09. The number of hydrogen-bond donors (Lipinski definition) is 1. The van der Waals surface area contributed by atoms with Crippen molar-refractivity contribution in [3.63, 3.8) is 0 Å². The van der Waals surface area contributed by atoms with Crippen molar-refractivity contribution >= 4 is 27.3 Å². The highest BCUT2D eigenvalue weighted by molar-refractivity contribution is 9.11. The van der Waals surface area contributed by atoms with Gasteiger partial charge in [-0.1, -0.05) is 12.8 Å². The van der Waals surface area contributed by atoms with Gasteiger partial charge in [0.1, 0.15) is 0 Å². The molecule has 1 aliphatic heterocycles. The molecule has 0 radical (unpaired) electrons. The fraction of sp³-hybridized carbons (Fsp3) is 0.636. The predicted octanol–water partition coefficient (Wildman–Crippen LogP) is 3.43. The second kappa shape index (κ2) is 3.32. The minimum absolute atomic E-state index is 0.357. The van der Waals surface area contributed by atoms with Crippen LogP contribution in [0.25, 0.3) is 0 Å². The number of nitrogens with one attached hydrogen (secondary N) is 1. The van der Waals surface area contributed by atoms with E-state index in [9.17, 15) is 0 Å². The molecule has 1 fully saturated rings. The minimum atomic E-state index is 0.357. The van der Waals surface area contributed by atoms with Gasteiger partial charge in [-0.05, 0) is 46.8 Å². The minimum Gasteiger partial charge on any atom is -0.307 e. The van der Waals surface area contributed by atoms with Crippen molar-refractivity contribution in [2.75, 3.05) is 6.54 Å². The van der Waals surface area contributed by atoms with Gasteiger partial charge < -0.3 is 5.32 Å². The highest BCUT2D eigenvalue weighted by Crippen LogP contribution is 2.45. The van der Waals surface area contributed by atoms with Gasteiger partial charge in [-0.15, -0.1) is 11.3 Å². The lowest BCUT2D eigenvalue weighted by atomic mass is 9.85. The summed E-state index contributed by atoms with van der Waals surface area (Å²) in [7, 11) is 0. The fourth-order valence-corrected chi connectivity index (χ4v) is 4.72. The van der Waals surface area contributed by atoms with Gasteiger partial charge in [0.2, 0.25) is 0 Å². The molecule has 76 valence electrons. The van der Waals surface area contributed by atoms with Gasteiger partial charge in [0.05, 0.1) is 3.79 Å². The lowest BCUT2D eigenvalue weighted by Crippen LogP contribution is -2.44. The molecule has 1 saturated carbocycles. The molecule has 1 aromatic rings. The van der Waals surface area contributed by atoms with E-state index >= 15 is 0 Å². The second-order valence-electron chi connectivity index (χ2n) is 4.35. The first-order chi connectivity index (χ1) is 6.80. The molecule has 0 unspecified atom stereocenters. The van der Waals surface area contributed by atoms with Crippen molar-refractivity contribution in [1.82, 2.24) is 5.32 Å². The highest BCUT2D eigenvalue weighted by Gasteiger charge is 2.39. The van der Waals surface area contributed by atoms with Crippen LogP contribution in [-0.4, -0.2) is 6.54 Å². The van der Waals surface area contributed by atoms with Crippen molar-refractivity contribution in [2.45, 2.75) is 37.6 Å². The molecular formula is C11H14BrNS. The van der Waals surface area contributed by atoms with Crippen LogP contribution >= 0.6 is 27.3 Å². The summed E-state index contributed by atoms with van der Waals surface area (Å²) < 4.78 is 1.30. The van der Waals surface area contributed by atoms with E-state index < -0.39 is 0 Å². The molecule has 1 spiro atoms. The van der Waals surface area contributed by atoms with Crippen LogP contribution < -0.4 is 5.32 Å². The zero-order valence-electron chi connectivity index (χ0n) is 8.11. The molecule has 0 atom stereocenters. The van der Waals surface area contributed by atoms with Crippen LogP contribution in [0, 0.1) is 0 Å². The molecule has 3 heteroatoms. The summed E-state index contributed by atoms with van der Waals surface area (Å²) in [6.07, 6.45) is 6.67. The van der Waals surface area contributed by atoms with E-state index in [-0.39, 0.29) is 0 Å². The average Bonchev–Trinajstić information content (AvgIpc) is 2.74. The normalized spacial score (nSPS) is 24.1. The zero-order chi connectivity index (χ0) is 9.60. The largest absolute Gasteiger partial charge is 0.307 e. The number of thiophene rings is 1. The van der Waals surface area contributed by atoms with Crippen molar-refractivity contribution in [3.8, 4) is 0 Å². The quantitative estimate of drug-likeness (QED) is 0.763. The molecule has 1 nitrogen and oxygen atoms in total. The molecule has 1 N–H and O–H groups in total. The summed E-state index contributed by atoms with van der Waals surface area (Å²) in [4.78, 5) is 1.61. The third kappa shape index (κ3) is 1.29. The van der Waals surface area contributed by atoms with E-state index in [4.69, 9.17) is 0 Å². The monoisotopic (exact) mass is 271 g/mol. The number of rotatable bonds is 0. The van der Waals surface area contributed by atoms with Gasteiger partial charge in [0, 0.05) is 17.0 Å². The van der Waals surface area contributed by atoms with Crippen molar-refractivity contribution in [3.05, 3.63) is 20.3 Å². The van der Waals surface area contributed by atoms with E-state index in [1.165, 1.54) is 42.4 Å². The van der Waals surface area contributed by atoms with Gasteiger partial charge in [0.15, 0.2) is 0 Å². The Kier molecular flexibility index (Phi) is 2.22. The number of fused-ring (bicyclic) bond motifs is 2. The smallest absolute Gasteiger partial charge is 0.0704 e. The van der Waals surface area contributed by atoms with Crippen molar-refractivity contribution in [1.29, 1.82) is 0 Å². The van der Waals surface area contributed by atoms with Gasteiger partial charge in [-0.2, -0.15) is 0 Å². The summed E-state index contributed by atoms with van der Waals surface area (Å²) in [5, 5.41) is 3.75. The van der Waals surface area contributed by atoms with E-state index in [1.807, 2.05) is 11.3 Å². The van der Waals surface area contributed by atoms with Gasteiger partial charge in [-0.25, -0.2) is 0 Å².